The molecule has 118 valence electrons. The Labute approximate surface area is 121 Å². The first-order chi connectivity index (χ1) is 10.0. The Morgan fingerprint density at radius 2 is 2.05 bits per heavy atom. The van der Waals surface area contributed by atoms with Crippen LogP contribution in [-0.4, -0.2) is 52.2 Å². The summed E-state index contributed by atoms with van der Waals surface area (Å²) in [5.74, 6) is -2.40. The standard InChI is InChI=1S/C13H19NO7/c15-6-8(16)10-9(17)11(12(18)20-10)21-13(19)14-7-4-2-1-3-5-7/h7-8,10,15-17H,1-6H2,(H,14,19)/t8-,10?/m0/s1. The predicted octanol–water partition coefficient (Wildman–Crippen LogP) is 0.0935. The zero-order chi connectivity index (χ0) is 15.4. The molecule has 1 amide bonds. The van der Waals surface area contributed by atoms with Gasteiger partial charge in [0, 0.05) is 6.04 Å². The number of alkyl carbamates (subject to hydrolysis) is 1. The number of carbonyl (C=O) groups is 2. The SMILES string of the molecule is O=C(NC1CCCCC1)OC1=C(O)C([C@@H](O)CO)OC1=O. The Balaban J connectivity index is 1.95. The number of esters is 1. The highest BCUT2D eigenvalue weighted by Crippen LogP contribution is 2.24. The summed E-state index contributed by atoms with van der Waals surface area (Å²) < 4.78 is 9.43. The molecule has 0 saturated heterocycles. The van der Waals surface area contributed by atoms with Crippen LogP contribution in [0.4, 0.5) is 4.79 Å². The zero-order valence-electron chi connectivity index (χ0n) is 11.4. The summed E-state index contributed by atoms with van der Waals surface area (Å²) in [5.41, 5.74) is 0. The number of amides is 1. The molecule has 1 saturated carbocycles. The molecule has 8 heteroatoms. The number of hydrogen-bond donors (Lipinski definition) is 4. The van der Waals surface area contributed by atoms with E-state index in [2.05, 4.69) is 10.1 Å². The van der Waals surface area contributed by atoms with Crippen LogP contribution in [0.25, 0.3) is 0 Å². The Morgan fingerprint density at radius 3 is 2.67 bits per heavy atom. The first-order valence-corrected chi connectivity index (χ1v) is 6.94. The first-order valence-electron chi connectivity index (χ1n) is 6.94. The van der Waals surface area contributed by atoms with Gasteiger partial charge >= 0.3 is 12.1 Å². The number of rotatable bonds is 4. The van der Waals surface area contributed by atoms with Crippen LogP contribution in [-0.2, 0) is 14.3 Å². The second kappa shape index (κ2) is 6.77. The summed E-state index contributed by atoms with van der Waals surface area (Å²) in [6.45, 7) is -0.705. The van der Waals surface area contributed by atoms with Crippen molar-refractivity contribution < 1.29 is 34.4 Å². The highest BCUT2D eigenvalue weighted by Gasteiger charge is 2.41. The van der Waals surface area contributed by atoms with Crippen molar-refractivity contribution in [2.45, 2.75) is 50.4 Å². The van der Waals surface area contributed by atoms with Gasteiger partial charge in [0.25, 0.3) is 5.76 Å². The van der Waals surface area contributed by atoms with Gasteiger partial charge in [-0.2, -0.15) is 0 Å². The van der Waals surface area contributed by atoms with Crippen LogP contribution in [0.5, 0.6) is 0 Å². The maximum Gasteiger partial charge on any atom is 0.413 e. The summed E-state index contributed by atoms with van der Waals surface area (Å²) in [7, 11) is 0. The second-order valence-electron chi connectivity index (χ2n) is 5.16. The van der Waals surface area contributed by atoms with E-state index in [1.54, 1.807) is 0 Å². The van der Waals surface area contributed by atoms with Crippen LogP contribution >= 0.6 is 0 Å². The van der Waals surface area contributed by atoms with Gasteiger partial charge in [0.05, 0.1) is 6.61 Å². The fourth-order valence-electron chi connectivity index (χ4n) is 2.44. The van der Waals surface area contributed by atoms with Crippen molar-refractivity contribution in [1.29, 1.82) is 0 Å². The molecular weight excluding hydrogens is 282 g/mol. The lowest BCUT2D eigenvalue weighted by molar-refractivity contribution is -0.147. The van der Waals surface area contributed by atoms with Gasteiger partial charge in [-0.25, -0.2) is 9.59 Å². The van der Waals surface area contributed by atoms with E-state index < -0.39 is 42.4 Å². The van der Waals surface area contributed by atoms with Crippen LogP contribution in [0.3, 0.4) is 0 Å². The molecule has 1 unspecified atom stereocenters. The van der Waals surface area contributed by atoms with Crippen LogP contribution in [0, 0.1) is 0 Å². The Kier molecular flexibility index (Phi) is 5.03. The van der Waals surface area contributed by atoms with Crippen molar-refractivity contribution in [3.63, 3.8) is 0 Å². The van der Waals surface area contributed by atoms with Gasteiger partial charge in [-0.3, -0.25) is 0 Å². The van der Waals surface area contributed by atoms with Gasteiger partial charge in [-0.1, -0.05) is 19.3 Å². The van der Waals surface area contributed by atoms with Gasteiger partial charge in [-0.05, 0) is 12.8 Å². The van der Waals surface area contributed by atoms with Crippen LogP contribution < -0.4 is 5.32 Å². The third-order valence-electron chi connectivity index (χ3n) is 3.58. The minimum absolute atomic E-state index is 0.00903. The van der Waals surface area contributed by atoms with Crippen molar-refractivity contribution in [1.82, 2.24) is 5.32 Å². The summed E-state index contributed by atoms with van der Waals surface area (Å²) in [5, 5.41) is 30.5. The molecule has 1 aliphatic heterocycles. The van der Waals surface area contributed by atoms with E-state index in [-0.39, 0.29) is 6.04 Å². The molecule has 2 rings (SSSR count). The second-order valence-corrected chi connectivity index (χ2v) is 5.16. The van der Waals surface area contributed by atoms with E-state index >= 15 is 0 Å². The smallest absolute Gasteiger partial charge is 0.413 e. The molecule has 0 aromatic rings. The van der Waals surface area contributed by atoms with Crippen molar-refractivity contribution in [3.05, 3.63) is 11.5 Å². The molecule has 0 bridgehead atoms. The predicted molar refractivity (Wildman–Crippen MR) is 69.1 cm³/mol. The quantitative estimate of drug-likeness (QED) is 0.542. The minimum Gasteiger partial charge on any atom is -0.505 e. The maximum absolute atomic E-state index is 11.7. The van der Waals surface area contributed by atoms with Gasteiger partial charge in [0.2, 0.25) is 0 Å². The van der Waals surface area contributed by atoms with E-state index in [4.69, 9.17) is 9.84 Å². The molecule has 1 fully saturated rings. The summed E-state index contributed by atoms with van der Waals surface area (Å²) in [6.07, 6.45) is 1.12. The molecule has 21 heavy (non-hydrogen) atoms. The average Bonchev–Trinajstić information content (AvgIpc) is 2.75. The topological polar surface area (TPSA) is 125 Å². The summed E-state index contributed by atoms with van der Waals surface area (Å²) in [4.78, 5) is 23.2. The number of hydrogen-bond acceptors (Lipinski definition) is 7. The highest BCUT2D eigenvalue weighted by molar-refractivity contribution is 5.92. The fourth-order valence-corrected chi connectivity index (χ4v) is 2.44. The lowest BCUT2D eigenvalue weighted by Crippen LogP contribution is -2.36. The van der Waals surface area contributed by atoms with Crippen molar-refractivity contribution in [2.75, 3.05) is 6.61 Å². The number of aliphatic hydroxyl groups excluding tert-OH is 3. The molecule has 0 aromatic heterocycles. The van der Waals surface area contributed by atoms with Gasteiger partial charge in [0.15, 0.2) is 11.9 Å². The minimum atomic E-state index is -1.48. The monoisotopic (exact) mass is 301 g/mol. The Hall–Kier alpha value is -1.80. The number of nitrogens with one attached hydrogen (secondary N) is 1. The lowest BCUT2D eigenvalue weighted by Gasteiger charge is -2.22. The molecule has 2 atom stereocenters. The van der Waals surface area contributed by atoms with E-state index in [1.807, 2.05) is 0 Å². The normalized spacial score (nSPS) is 24.7. The Bertz CT molecular complexity index is 442. The number of cyclic esters (lactones) is 1. The fraction of sp³-hybridized carbons (Fsp3) is 0.692. The van der Waals surface area contributed by atoms with Gasteiger partial charge < -0.3 is 30.1 Å². The summed E-state index contributed by atoms with van der Waals surface area (Å²) in [6, 6.07) is -0.00903. The van der Waals surface area contributed by atoms with E-state index in [0.717, 1.165) is 32.1 Å². The first kappa shape index (κ1) is 15.6. The van der Waals surface area contributed by atoms with Crippen LogP contribution in [0.15, 0.2) is 11.5 Å². The van der Waals surface area contributed by atoms with Crippen molar-refractivity contribution in [3.8, 4) is 0 Å². The lowest BCUT2D eigenvalue weighted by atomic mass is 9.96. The maximum atomic E-state index is 11.7. The molecule has 8 nitrogen and oxygen atoms in total. The van der Waals surface area contributed by atoms with Crippen molar-refractivity contribution >= 4 is 12.1 Å². The Morgan fingerprint density at radius 1 is 1.38 bits per heavy atom. The van der Waals surface area contributed by atoms with Gasteiger partial charge in [0.1, 0.15) is 6.10 Å². The zero-order valence-corrected chi connectivity index (χ0v) is 11.4. The molecule has 0 spiro atoms. The summed E-state index contributed by atoms with van der Waals surface area (Å²) >= 11 is 0. The van der Waals surface area contributed by atoms with Crippen LogP contribution in [0.2, 0.25) is 0 Å². The van der Waals surface area contributed by atoms with E-state index in [9.17, 15) is 19.8 Å². The third-order valence-corrected chi connectivity index (χ3v) is 3.58. The molecule has 0 radical (unpaired) electrons. The number of ether oxygens (including phenoxy) is 2. The van der Waals surface area contributed by atoms with Crippen LogP contribution in [0.1, 0.15) is 32.1 Å². The number of carbonyl (C=O) groups excluding carboxylic acids is 2. The molecule has 1 heterocycles. The largest absolute Gasteiger partial charge is 0.505 e. The van der Waals surface area contributed by atoms with Gasteiger partial charge in [-0.15, -0.1) is 0 Å². The third kappa shape index (κ3) is 3.64. The molecule has 2 aliphatic rings. The number of aliphatic hydroxyl groups is 3. The van der Waals surface area contributed by atoms with Crippen molar-refractivity contribution in [2.24, 2.45) is 0 Å². The molecule has 4 N–H and O–H groups in total. The van der Waals surface area contributed by atoms with E-state index in [1.165, 1.54) is 0 Å². The average molecular weight is 301 g/mol. The van der Waals surface area contributed by atoms with E-state index in [0.29, 0.717) is 0 Å². The molecular formula is C13H19NO7. The molecule has 0 aromatic carbocycles. The highest BCUT2D eigenvalue weighted by atomic mass is 16.6. The molecule has 1 aliphatic carbocycles.